The average Bonchev–Trinajstić information content (AvgIpc) is 3.00. The Hall–Kier alpha value is -1.06. The molecule has 2 aliphatic heterocycles. The lowest BCUT2D eigenvalue weighted by Crippen LogP contribution is -2.45. The topological polar surface area (TPSA) is 24.5 Å². The van der Waals surface area contributed by atoms with Crippen LogP contribution in [0.25, 0.3) is 0 Å². The fourth-order valence-electron chi connectivity index (χ4n) is 4.18. The fourth-order valence-corrected chi connectivity index (χ4v) is 4.18. The number of hydrogen-bond donors (Lipinski definition) is 1. The summed E-state index contributed by atoms with van der Waals surface area (Å²) in [5.74, 6) is 0.886. The fraction of sp³-hybridized carbons (Fsp3) is 0.647. The number of nitrogens with zero attached hydrogens (tertiary/aromatic N) is 1. The van der Waals surface area contributed by atoms with Gasteiger partial charge in [0.25, 0.3) is 0 Å². The lowest BCUT2D eigenvalue weighted by molar-refractivity contribution is -0.00521. The molecule has 3 aliphatic rings. The van der Waals surface area contributed by atoms with Crippen molar-refractivity contribution in [2.45, 2.75) is 37.9 Å². The zero-order chi connectivity index (χ0) is 13.7. The molecule has 0 aromatic heterocycles. The van der Waals surface area contributed by atoms with Crippen LogP contribution in [0.4, 0.5) is 5.69 Å². The van der Waals surface area contributed by atoms with Gasteiger partial charge in [0.2, 0.25) is 0 Å². The molecule has 3 unspecified atom stereocenters. The molecule has 1 aliphatic carbocycles. The standard InChI is InChI=1S/C17H24N2O/c1-12-9-19(10-13(2)20-12)16-5-3-14(4-6-16)17-7-15(17)8-18-11-17/h3-6,12-13,15,18H,7-11H2,1-2H3/t12?,13?,15?,17-/m0/s1. The molecule has 3 nitrogen and oxygen atoms in total. The van der Waals surface area contributed by atoms with Gasteiger partial charge in [-0.25, -0.2) is 0 Å². The SMILES string of the molecule is CC1CN(c2ccc([C@]34CNCC3C4)cc2)CC(C)O1. The van der Waals surface area contributed by atoms with Gasteiger partial charge >= 0.3 is 0 Å². The van der Waals surface area contributed by atoms with Gasteiger partial charge in [0.15, 0.2) is 0 Å². The van der Waals surface area contributed by atoms with E-state index in [0.717, 1.165) is 19.0 Å². The van der Waals surface area contributed by atoms with E-state index in [9.17, 15) is 0 Å². The van der Waals surface area contributed by atoms with E-state index in [0.29, 0.717) is 17.6 Å². The monoisotopic (exact) mass is 272 g/mol. The summed E-state index contributed by atoms with van der Waals surface area (Å²) in [6.07, 6.45) is 2.03. The van der Waals surface area contributed by atoms with Gasteiger partial charge in [-0.15, -0.1) is 0 Å². The molecule has 20 heavy (non-hydrogen) atoms. The molecule has 0 radical (unpaired) electrons. The first-order valence-corrected chi connectivity index (χ1v) is 7.89. The molecule has 1 aromatic rings. The quantitative estimate of drug-likeness (QED) is 0.893. The Morgan fingerprint density at radius 3 is 2.40 bits per heavy atom. The van der Waals surface area contributed by atoms with Crippen molar-refractivity contribution in [1.82, 2.24) is 5.32 Å². The van der Waals surface area contributed by atoms with E-state index in [1.807, 2.05) is 0 Å². The van der Waals surface area contributed by atoms with Gasteiger partial charge in [0.1, 0.15) is 0 Å². The van der Waals surface area contributed by atoms with E-state index in [1.54, 1.807) is 0 Å². The summed E-state index contributed by atoms with van der Waals surface area (Å²) in [6, 6.07) is 9.32. The minimum atomic E-state index is 0.323. The molecule has 0 bridgehead atoms. The molecule has 0 spiro atoms. The van der Waals surface area contributed by atoms with E-state index in [1.165, 1.54) is 30.8 Å². The molecule has 2 saturated heterocycles. The predicted molar refractivity (Wildman–Crippen MR) is 81.3 cm³/mol. The van der Waals surface area contributed by atoms with Gasteiger partial charge in [-0.2, -0.15) is 0 Å². The molecule has 4 atom stereocenters. The van der Waals surface area contributed by atoms with Gasteiger partial charge in [-0.3, -0.25) is 0 Å². The van der Waals surface area contributed by atoms with Crippen molar-refractivity contribution in [3.8, 4) is 0 Å². The molecule has 108 valence electrons. The molecular formula is C17H24N2O. The second kappa shape index (κ2) is 4.47. The minimum Gasteiger partial charge on any atom is -0.372 e. The first kappa shape index (κ1) is 12.7. The molecule has 2 heterocycles. The Morgan fingerprint density at radius 1 is 1.15 bits per heavy atom. The van der Waals surface area contributed by atoms with E-state index in [2.05, 4.69) is 48.3 Å². The normalized spacial score (nSPS) is 39.7. The number of fused-ring (bicyclic) bond motifs is 1. The summed E-state index contributed by atoms with van der Waals surface area (Å²) < 4.78 is 5.82. The van der Waals surface area contributed by atoms with E-state index >= 15 is 0 Å². The van der Waals surface area contributed by atoms with Crippen molar-refractivity contribution < 1.29 is 4.74 Å². The molecule has 1 aromatic carbocycles. The number of anilines is 1. The third-order valence-electron chi connectivity index (χ3n) is 5.29. The molecule has 3 heteroatoms. The number of nitrogens with one attached hydrogen (secondary N) is 1. The summed E-state index contributed by atoms with van der Waals surface area (Å²) in [5, 5.41) is 3.52. The van der Waals surface area contributed by atoms with Crippen molar-refractivity contribution in [2.75, 3.05) is 31.1 Å². The Balaban J connectivity index is 1.53. The highest BCUT2D eigenvalue weighted by molar-refractivity contribution is 5.51. The molecule has 4 rings (SSSR count). The third-order valence-corrected chi connectivity index (χ3v) is 5.29. The first-order valence-electron chi connectivity index (χ1n) is 7.89. The summed E-state index contributed by atoms with van der Waals surface area (Å²) in [5.41, 5.74) is 3.35. The largest absolute Gasteiger partial charge is 0.372 e. The maximum absolute atomic E-state index is 5.82. The highest BCUT2D eigenvalue weighted by atomic mass is 16.5. The Kier molecular flexibility index (Phi) is 2.83. The van der Waals surface area contributed by atoms with Crippen LogP contribution < -0.4 is 10.2 Å². The Labute approximate surface area is 121 Å². The minimum absolute atomic E-state index is 0.323. The van der Waals surface area contributed by atoms with E-state index in [4.69, 9.17) is 4.74 Å². The molecule has 0 amide bonds. The number of ether oxygens (including phenoxy) is 1. The van der Waals surface area contributed by atoms with Crippen LogP contribution in [0.15, 0.2) is 24.3 Å². The zero-order valence-corrected chi connectivity index (χ0v) is 12.4. The number of rotatable bonds is 2. The Bertz CT molecular complexity index is 490. The molecule has 3 fully saturated rings. The summed E-state index contributed by atoms with van der Waals surface area (Å²) >= 11 is 0. The summed E-state index contributed by atoms with van der Waals surface area (Å²) in [4.78, 5) is 2.46. The third kappa shape index (κ3) is 1.95. The highest BCUT2D eigenvalue weighted by Gasteiger charge is 2.57. The summed E-state index contributed by atoms with van der Waals surface area (Å²) in [6.45, 7) is 8.70. The number of piperidine rings is 1. The lowest BCUT2D eigenvalue weighted by atomic mass is 9.95. The van der Waals surface area contributed by atoms with Crippen LogP contribution in [-0.2, 0) is 10.2 Å². The van der Waals surface area contributed by atoms with Crippen LogP contribution in [0.1, 0.15) is 25.8 Å². The average molecular weight is 272 g/mol. The molecular weight excluding hydrogens is 248 g/mol. The number of benzene rings is 1. The van der Waals surface area contributed by atoms with Crippen molar-refractivity contribution >= 4 is 5.69 Å². The number of hydrogen-bond acceptors (Lipinski definition) is 3. The van der Waals surface area contributed by atoms with Crippen LogP contribution in [0.5, 0.6) is 0 Å². The van der Waals surface area contributed by atoms with Gasteiger partial charge in [-0.1, -0.05) is 12.1 Å². The van der Waals surface area contributed by atoms with E-state index < -0.39 is 0 Å². The van der Waals surface area contributed by atoms with Crippen molar-refractivity contribution in [3.05, 3.63) is 29.8 Å². The Morgan fingerprint density at radius 2 is 1.85 bits per heavy atom. The van der Waals surface area contributed by atoms with Crippen LogP contribution in [0.3, 0.4) is 0 Å². The van der Waals surface area contributed by atoms with Crippen molar-refractivity contribution in [3.63, 3.8) is 0 Å². The zero-order valence-electron chi connectivity index (χ0n) is 12.4. The van der Waals surface area contributed by atoms with Crippen molar-refractivity contribution in [2.24, 2.45) is 5.92 Å². The lowest BCUT2D eigenvalue weighted by Gasteiger charge is -2.37. The second-order valence-corrected chi connectivity index (χ2v) is 6.90. The van der Waals surface area contributed by atoms with Crippen LogP contribution in [0.2, 0.25) is 0 Å². The first-order chi connectivity index (χ1) is 9.67. The second-order valence-electron chi connectivity index (χ2n) is 6.90. The van der Waals surface area contributed by atoms with Gasteiger partial charge < -0.3 is 15.0 Å². The van der Waals surface area contributed by atoms with Crippen LogP contribution >= 0.6 is 0 Å². The van der Waals surface area contributed by atoms with Gasteiger partial charge in [0, 0.05) is 30.7 Å². The maximum Gasteiger partial charge on any atom is 0.0726 e. The van der Waals surface area contributed by atoms with Gasteiger partial charge in [-0.05, 0) is 50.4 Å². The number of morpholine rings is 1. The van der Waals surface area contributed by atoms with E-state index in [-0.39, 0.29) is 0 Å². The molecule has 1 N–H and O–H groups in total. The van der Waals surface area contributed by atoms with Gasteiger partial charge in [0.05, 0.1) is 12.2 Å². The summed E-state index contributed by atoms with van der Waals surface area (Å²) in [7, 11) is 0. The smallest absolute Gasteiger partial charge is 0.0726 e. The van der Waals surface area contributed by atoms with Crippen LogP contribution in [-0.4, -0.2) is 38.4 Å². The van der Waals surface area contributed by atoms with Crippen molar-refractivity contribution in [1.29, 1.82) is 0 Å². The highest BCUT2D eigenvalue weighted by Crippen LogP contribution is 2.56. The molecule has 1 saturated carbocycles. The predicted octanol–water partition coefficient (Wildman–Crippen LogP) is 2.16. The maximum atomic E-state index is 5.82. The van der Waals surface area contributed by atoms with Crippen LogP contribution in [0, 0.1) is 5.92 Å².